The first-order valence-corrected chi connectivity index (χ1v) is 8.53. The first kappa shape index (κ1) is 15.7. The molecule has 0 spiro atoms. The summed E-state index contributed by atoms with van der Waals surface area (Å²) in [5.74, 6) is 2.44. The maximum absolute atomic E-state index is 12.5. The van der Waals surface area contributed by atoms with Crippen molar-refractivity contribution in [2.45, 2.75) is 25.3 Å². The van der Waals surface area contributed by atoms with Crippen LogP contribution < -0.4 is 10.1 Å². The number of imidazole rings is 1. The molecular formula is C20H21N3O2. The second-order valence-corrected chi connectivity index (χ2v) is 6.54. The Labute approximate surface area is 146 Å². The van der Waals surface area contributed by atoms with Crippen molar-refractivity contribution in [2.75, 3.05) is 7.11 Å². The fraction of sp³-hybridized carbons (Fsp3) is 0.300. The van der Waals surface area contributed by atoms with Crippen LogP contribution >= 0.6 is 0 Å². The van der Waals surface area contributed by atoms with E-state index in [9.17, 15) is 4.79 Å². The molecule has 0 atom stereocenters. The topological polar surface area (TPSA) is 56.1 Å². The first-order valence-electron chi connectivity index (χ1n) is 8.53. The Hall–Kier alpha value is -2.82. The number of carbonyl (C=O) groups is 1. The van der Waals surface area contributed by atoms with Crippen LogP contribution in [-0.2, 0) is 13.6 Å². The number of aryl methyl sites for hydroxylation is 1. The van der Waals surface area contributed by atoms with E-state index in [-0.39, 0.29) is 5.91 Å². The SMILES string of the molecule is COc1ccc(CNC(=O)c2ccc3c(c2)nc(C2CC2)n3C)cc1. The third-order valence-corrected chi connectivity index (χ3v) is 4.73. The third kappa shape index (κ3) is 3.09. The lowest BCUT2D eigenvalue weighted by atomic mass is 10.1. The third-order valence-electron chi connectivity index (χ3n) is 4.73. The molecule has 4 rings (SSSR count). The Kier molecular flexibility index (Phi) is 3.92. The van der Waals surface area contributed by atoms with Gasteiger partial charge in [-0.1, -0.05) is 12.1 Å². The highest BCUT2D eigenvalue weighted by Crippen LogP contribution is 2.40. The summed E-state index contributed by atoms with van der Waals surface area (Å²) in [5, 5.41) is 2.96. The maximum atomic E-state index is 12.5. The highest BCUT2D eigenvalue weighted by Gasteiger charge is 2.28. The molecule has 1 fully saturated rings. The average Bonchev–Trinajstić information content (AvgIpc) is 3.44. The highest BCUT2D eigenvalue weighted by atomic mass is 16.5. The van der Waals surface area contributed by atoms with Crippen molar-refractivity contribution in [3.8, 4) is 5.75 Å². The molecule has 0 saturated heterocycles. The number of aromatic nitrogens is 2. The fourth-order valence-corrected chi connectivity index (χ4v) is 3.09. The van der Waals surface area contributed by atoms with Crippen LogP contribution in [-0.4, -0.2) is 22.6 Å². The average molecular weight is 335 g/mol. The van der Waals surface area contributed by atoms with Gasteiger partial charge in [-0.2, -0.15) is 0 Å². The van der Waals surface area contributed by atoms with E-state index in [1.807, 2.05) is 49.5 Å². The number of carbonyl (C=O) groups excluding carboxylic acids is 1. The molecule has 3 aromatic rings. The first-order chi connectivity index (χ1) is 12.2. The quantitative estimate of drug-likeness (QED) is 0.777. The molecule has 5 nitrogen and oxygen atoms in total. The summed E-state index contributed by atoms with van der Waals surface area (Å²) >= 11 is 0. The van der Waals surface area contributed by atoms with Crippen LogP contribution in [0, 0.1) is 0 Å². The van der Waals surface area contributed by atoms with Crippen molar-refractivity contribution in [2.24, 2.45) is 7.05 Å². The van der Waals surface area contributed by atoms with Crippen LogP contribution in [0.2, 0.25) is 0 Å². The second-order valence-electron chi connectivity index (χ2n) is 6.54. The number of hydrogen-bond acceptors (Lipinski definition) is 3. The molecule has 0 radical (unpaired) electrons. The molecule has 0 bridgehead atoms. The summed E-state index contributed by atoms with van der Waals surface area (Å²) in [6.45, 7) is 0.483. The smallest absolute Gasteiger partial charge is 0.251 e. The van der Waals surface area contributed by atoms with Crippen molar-refractivity contribution >= 4 is 16.9 Å². The van der Waals surface area contributed by atoms with Gasteiger partial charge in [0.25, 0.3) is 5.91 Å². The summed E-state index contributed by atoms with van der Waals surface area (Å²) in [6, 6.07) is 13.4. The number of nitrogens with zero attached hydrogens (tertiary/aromatic N) is 2. The zero-order valence-electron chi connectivity index (χ0n) is 14.5. The highest BCUT2D eigenvalue weighted by molar-refractivity contribution is 5.97. The lowest BCUT2D eigenvalue weighted by Gasteiger charge is -2.07. The van der Waals surface area contributed by atoms with Gasteiger partial charge in [0, 0.05) is 25.1 Å². The lowest BCUT2D eigenvalue weighted by molar-refractivity contribution is 0.0951. The van der Waals surface area contributed by atoms with E-state index in [0.717, 1.165) is 28.2 Å². The zero-order chi connectivity index (χ0) is 17.4. The summed E-state index contributed by atoms with van der Waals surface area (Å²) < 4.78 is 7.29. The van der Waals surface area contributed by atoms with Gasteiger partial charge in [0.15, 0.2) is 0 Å². The number of nitrogens with one attached hydrogen (secondary N) is 1. The molecule has 1 aliphatic rings. The van der Waals surface area contributed by atoms with Crippen LogP contribution in [0.5, 0.6) is 5.75 Å². The Morgan fingerprint density at radius 3 is 2.68 bits per heavy atom. The second kappa shape index (κ2) is 6.24. The minimum Gasteiger partial charge on any atom is -0.497 e. The van der Waals surface area contributed by atoms with E-state index in [2.05, 4.69) is 9.88 Å². The minimum atomic E-state index is -0.0867. The van der Waals surface area contributed by atoms with E-state index in [0.29, 0.717) is 18.0 Å². The van der Waals surface area contributed by atoms with E-state index in [1.165, 1.54) is 12.8 Å². The van der Waals surface area contributed by atoms with Gasteiger partial charge in [0.2, 0.25) is 0 Å². The van der Waals surface area contributed by atoms with Gasteiger partial charge in [-0.15, -0.1) is 0 Å². The Bertz CT molecular complexity index is 924. The molecule has 128 valence electrons. The van der Waals surface area contributed by atoms with Crippen molar-refractivity contribution in [3.63, 3.8) is 0 Å². The van der Waals surface area contributed by atoms with Crippen molar-refractivity contribution in [1.29, 1.82) is 0 Å². The number of ether oxygens (including phenoxy) is 1. The van der Waals surface area contributed by atoms with E-state index >= 15 is 0 Å². The summed E-state index contributed by atoms with van der Waals surface area (Å²) in [6.07, 6.45) is 2.43. The van der Waals surface area contributed by atoms with Gasteiger partial charge in [0.05, 0.1) is 18.1 Å². The largest absolute Gasteiger partial charge is 0.497 e. The molecule has 1 N–H and O–H groups in total. The summed E-state index contributed by atoms with van der Waals surface area (Å²) in [7, 11) is 3.69. The molecule has 1 aliphatic carbocycles. The molecule has 0 aliphatic heterocycles. The van der Waals surface area contributed by atoms with Gasteiger partial charge in [-0.05, 0) is 48.7 Å². The fourth-order valence-electron chi connectivity index (χ4n) is 3.09. The molecule has 1 aromatic heterocycles. The van der Waals surface area contributed by atoms with Crippen LogP contribution in [0.15, 0.2) is 42.5 Å². The van der Waals surface area contributed by atoms with Crippen molar-refractivity contribution in [3.05, 3.63) is 59.4 Å². The van der Waals surface area contributed by atoms with E-state index in [4.69, 9.17) is 9.72 Å². The standard InChI is InChI=1S/C20H21N3O2/c1-23-18-10-7-15(11-17(18)22-19(23)14-5-6-14)20(24)21-12-13-3-8-16(25-2)9-4-13/h3-4,7-11,14H,5-6,12H2,1-2H3,(H,21,24). The monoisotopic (exact) mass is 335 g/mol. The molecule has 0 unspecified atom stereocenters. The van der Waals surface area contributed by atoms with E-state index < -0.39 is 0 Å². The number of hydrogen-bond donors (Lipinski definition) is 1. The zero-order valence-corrected chi connectivity index (χ0v) is 14.5. The minimum absolute atomic E-state index is 0.0867. The molecule has 1 heterocycles. The summed E-state index contributed by atoms with van der Waals surface area (Å²) in [5.41, 5.74) is 3.64. The van der Waals surface area contributed by atoms with Gasteiger partial charge < -0.3 is 14.6 Å². The van der Waals surface area contributed by atoms with Crippen LogP contribution in [0.25, 0.3) is 11.0 Å². The molecule has 1 amide bonds. The van der Waals surface area contributed by atoms with E-state index in [1.54, 1.807) is 7.11 Å². The van der Waals surface area contributed by atoms with Crippen molar-refractivity contribution in [1.82, 2.24) is 14.9 Å². The Balaban J connectivity index is 1.49. The number of rotatable bonds is 5. The number of methoxy groups -OCH3 is 1. The van der Waals surface area contributed by atoms with Crippen LogP contribution in [0.1, 0.15) is 40.5 Å². The van der Waals surface area contributed by atoms with Crippen LogP contribution in [0.4, 0.5) is 0 Å². The maximum Gasteiger partial charge on any atom is 0.251 e. The summed E-state index contributed by atoms with van der Waals surface area (Å²) in [4.78, 5) is 17.2. The van der Waals surface area contributed by atoms with Crippen molar-refractivity contribution < 1.29 is 9.53 Å². The lowest BCUT2D eigenvalue weighted by Crippen LogP contribution is -2.22. The molecule has 2 aromatic carbocycles. The Morgan fingerprint density at radius 1 is 1.24 bits per heavy atom. The van der Waals surface area contributed by atoms with Gasteiger partial charge >= 0.3 is 0 Å². The normalized spacial score (nSPS) is 13.8. The van der Waals surface area contributed by atoms with Gasteiger partial charge in [-0.25, -0.2) is 4.98 Å². The van der Waals surface area contributed by atoms with Crippen LogP contribution in [0.3, 0.4) is 0 Å². The van der Waals surface area contributed by atoms with Gasteiger partial charge in [0.1, 0.15) is 11.6 Å². The molecule has 5 heteroatoms. The number of fused-ring (bicyclic) bond motifs is 1. The number of amides is 1. The number of benzene rings is 2. The molecule has 25 heavy (non-hydrogen) atoms. The predicted octanol–water partition coefficient (Wildman–Crippen LogP) is 3.39. The molecular weight excluding hydrogens is 314 g/mol. The molecule has 1 saturated carbocycles. The van der Waals surface area contributed by atoms with Gasteiger partial charge in [-0.3, -0.25) is 4.79 Å². The Morgan fingerprint density at radius 2 is 2.00 bits per heavy atom. The predicted molar refractivity (Wildman–Crippen MR) is 96.9 cm³/mol.